The van der Waals surface area contributed by atoms with Crippen LogP contribution in [0.25, 0.3) is 0 Å². The van der Waals surface area contributed by atoms with E-state index in [1.165, 1.54) is 11.8 Å². The first kappa shape index (κ1) is 22.9. The molecule has 1 aliphatic heterocycles. The molecule has 1 fully saturated rings. The highest BCUT2D eigenvalue weighted by atomic mass is 35.5. The normalized spacial score (nSPS) is 16.0. The van der Waals surface area contributed by atoms with E-state index in [2.05, 4.69) is 10.6 Å². The third kappa shape index (κ3) is 7.49. The minimum absolute atomic E-state index is 0.0359. The van der Waals surface area contributed by atoms with Gasteiger partial charge in [0.05, 0.1) is 0 Å². The lowest BCUT2D eigenvalue weighted by molar-refractivity contribution is -0.143. The fraction of sp³-hybridized carbons (Fsp3) is 0.524. The first-order valence-corrected chi connectivity index (χ1v) is 10.4. The number of ketones is 1. The van der Waals surface area contributed by atoms with Gasteiger partial charge in [-0.25, -0.2) is 0 Å². The lowest BCUT2D eigenvalue weighted by Gasteiger charge is -2.23. The topological polar surface area (TPSA) is 95.6 Å². The summed E-state index contributed by atoms with van der Waals surface area (Å²) in [4.78, 5) is 49.2. The molecule has 2 rings (SSSR count). The molecule has 1 heterocycles. The molecule has 1 atom stereocenters. The number of halogens is 1. The highest BCUT2D eigenvalue weighted by molar-refractivity contribution is 6.38. The van der Waals surface area contributed by atoms with Gasteiger partial charge in [-0.05, 0) is 37.0 Å². The monoisotopic (exact) mass is 421 g/mol. The highest BCUT2D eigenvalue weighted by Crippen LogP contribution is 2.23. The standard InChI is InChI=1S/C21H28ClN3O4/c1-15(26)23-12-4-2-3-5-13-24-21(29)20(28)18-10-11-19(27)25(18)14-16-6-8-17(22)9-7-16/h6-9,18H,2-5,10-14H2,1H3,(H,23,26)(H,24,29). The SMILES string of the molecule is CC(=O)NCCCCCCNC(=O)C(=O)C1CCC(=O)N1Cc1ccc(Cl)cc1. The Balaban J connectivity index is 1.74. The molecule has 8 heteroatoms. The number of carbonyl (C=O) groups excluding carboxylic acids is 4. The van der Waals surface area contributed by atoms with Crippen molar-refractivity contribution in [2.45, 2.75) is 58.0 Å². The maximum atomic E-state index is 12.5. The van der Waals surface area contributed by atoms with Crippen LogP contribution < -0.4 is 10.6 Å². The average molecular weight is 422 g/mol. The minimum Gasteiger partial charge on any atom is -0.356 e. The van der Waals surface area contributed by atoms with E-state index in [-0.39, 0.29) is 24.8 Å². The Kier molecular flexibility index (Phi) is 9.12. The molecule has 29 heavy (non-hydrogen) atoms. The van der Waals surface area contributed by atoms with E-state index in [1.807, 2.05) is 12.1 Å². The number of Topliss-reactive ketones (excluding diaryl/α,β-unsaturated/α-hetero) is 1. The van der Waals surface area contributed by atoms with Crippen LogP contribution in [0.3, 0.4) is 0 Å². The van der Waals surface area contributed by atoms with Gasteiger partial charge >= 0.3 is 0 Å². The Morgan fingerprint density at radius 1 is 1.03 bits per heavy atom. The molecule has 0 aromatic heterocycles. The van der Waals surface area contributed by atoms with Gasteiger partial charge in [0.2, 0.25) is 17.6 Å². The van der Waals surface area contributed by atoms with Crippen LogP contribution in [0.15, 0.2) is 24.3 Å². The van der Waals surface area contributed by atoms with Crippen molar-refractivity contribution in [3.05, 3.63) is 34.9 Å². The zero-order chi connectivity index (χ0) is 21.2. The molecule has 0 spiro atoms. The number of amides is 3. The van der Waals surface area contributed by atoms with Crippen molar-refractivity contribution in [1.29, 1.82) is 0 Å². The second-order valence-corrected chi connectivity index (χ2v) is 7.66. The smallest absolute Gasteiger partial charge is 0.289 e. The van der Waals surface area contributed by atoms with Crippen LogP contribution >= 0.6 is 11.6 Å². The zero-order valence-electron chi connectivity index (χ0n) is 16.7. The van der Waals surface area contributed by atoms with Gasteiger partial charge in [-0.15, -0.1) is 0 Å². The number of benzene rings is 1. The molecule has 158 valence electrons. The van der Waals surface area contributed by atoms with Crippen molar-refractivity contribution in [2.24, 2.45) is 0 Å². The summed E-state index contributed by atoms with van der Waals surface area (Å²) in [5.74, 6) is -1.35. The van der Waals surface area contributed by atoms with Gasteiger partial charge in [0.25, 0.3) is 5.91 Å². The second-order valence-electron chi connectivity index (χ2n) is 7.22. The highest BCUT2D eigenvalue weighted by Gasteiger charge is 2.38. The quantitative estimate of drug-likeness (QED) is 0.423. The predicted molar refractivity (Wildman–Crippen MR) is 110 cm³/mol. The van der Waals surface area contributed by atoms with Crippen molar-refractivity contribution in [1.82, 2.24) is 15.5 Å². The van der Waals surface area contributed by atoms with Gasteiger partial charge < -0.3 is 15.5 Å². The summed E-state index contributed by atoms with van der Waals surface area (Å²) in [6.07, 6.45) is 4.12. The van der Waals surface area contributed by atoms with E-state index in [1.54, 1.807) is 12.1 Å². The number of likely N-dealkylation sites (tertiary alicyclic amines) is 1. The summed E-state index contributed by atoms with van der Waals surface area (Å²) in [5, 5.41) is 6.00. The number of nitrogens with one attached hydrogen (secondary N) is 2. The molecular weight excluding hydrogens is 394 g/mol. The third-order valence-corrected chi connectivity index (χ3v) is 5.14. The second kappa shape index (κ2) is 11.6. The van der Waals surface area contributed by atoms with Crippen LogP contribution in [0.4, 0.5) is 0 Å². The molecular formula is C21H28ClN3O4. The van der Waals surface area contributed by atoms with Gasteiger partial charge in [0.15, 0.2) is 0 Å². The van der Waals surface area contributed by atoms with Gasteiger partial charge in [-0.1, -0.05) is 36.6 Å². The van der Waals surface area contributed by atoms with E-state index in [0.717, 1.165) is 31.2 Å². The largest absolute Gasteiger partial charge is 0.356 e. The third-order valence-electron chi connectivity index (χ3n) is 4.88. The first-order valence-electron chi connectivity index (χ1n) is 9.99. The summed E-state index contributed by atoms with van der Waals surface area (Å²) in [6.45, 7) is 2.84. The van der Waals surface area contributed by atoms with E-state index in [9.17, 15) is 19.2 Å². The van der Waals surface area contributed by atoms with Gasteiger partial charge in [0.1, 0.15) is 6.04 Å². The van der Waals surface area contributed by atoms with E-state index in [4.69, 9.17) is 11.6 Å². The number of hydrogen-bond acceptors (Lipinski definition) is 4. The maximum absolute atomic E-state index is 12.5. The minimum atomic E-state index is -0.712. The fourth-order valence-corrected chi connectivity index (χ4v) is 3.43. The van der Waals surface area contributed by atoms with Crippen LogP contribution in [0.1, 0.15) is 51.0 Å². The number of nitrogens with zero attached hydrogens (tertiary/aromatic N) is 1. The molecule has 0 saturated carbocycles. The number of hydrogen-bond donors (Lipinski definition) is 2. The summed E-state index contributed by atoms with van der Waals surface area (Å²) in [5.41, 5.74) is 0.863. The fourth-order valence-electron chi connectivity index (χ4n) is 3.30. The molecule has 0 aliphatic carbocycles. The molecule has 0 radical (unpaired) electrons. The summed E-state index contributed by atoms with van der Waals surface area (Å²) in [7, 11) is 0. The van der Waals surface area contributed by atoms with Crippen molar-refractivity contribution in [3.63, 3.8) is 0 Å². The van der Waals surface area contributed by atoms with Crippen LogP contribution in [-0.4, -0.2) is 47.5 Å². The first-order chi connectivity index (χ1) is 13.9. The molecule has 7 nitrogen and oxygen atoms in total. The summed E-state index contributed by atoms with van der Waals surface area (Å²) in [6, 6.07) is 6.37. The zero-order valence-corrected chi connectivity index (χ0v) is 17.5. The van der Waals surface area contributed by atoms with Crippen LogP contribution in [0.2, 0.25) is 5.02 Å². The number of carbonyl (C=O) groups is 4. The van der Waals surface area contributed by atoms with E-state index >= 15 is 0 Å². The van der Waals surface area contributed by atoms with Crippen molar-refractivity contribution in [3.8, 4) is 0 Å². The molecule has 1 unspecified atom stereocenters. The molecule has 1 aliphatic rings. The molecule has 3 amide bonds. The predicted octanol–water partition coefficient (Wildman–Crippen LogP) is 2.21. The maximum Gasteiger partial charge on any atom is 0.289 e. The Morgan fingerprint density at radius 3 is 2.28 bits per heavy atom. The molecule has 1 aromatic carbocycles. The lowest BCUT2D eigenvalue weighted by atomic mass is 10.1. The van der Waals surface area contributed by atoms with E-state index < -0.39 is 17.7 Å². The Hall–Kier alpha value is -2.41. The lowest BCUT2D eigenvalue weighted by Crippen LogP contribution is -2.45. The summed E-state index contributed by atoms with van der Waals surface area (Å²) < 4.78 is 0. The van der Waals surface area contributed by atoms with Crippen LogP contribution in [0, 0.1) is 0 Å². The van der Waals surface area contributed by atoms with Crippen molar-refractivity contribution >= 4 is 35.1 Å². The molecule has 1 saturated heterocycles. The van der Waals surface area contributed by atoms with Gasteiger partial charge in [0, 0.05) is 38.0 Å². The Morgan fingerprint density at radius 2 is 1.66 bits per heavy atom. The van der Waals surface area contributed by atoms with Crippen molar-refractivity contribution in [2.75, 3.05) is 13.1 Å². The average Bonchev–Trinajstić information content (AvgIpc) is 3.05. The summed E-state index contributed by atoms with van der Waals surface area (Å²) >= 11 is 5.88. The Bertz CT molecular complexity index is 736. The molecule has 2 N–H and O–H groups in total. The number of rotatable bonds is 11. The van der Waals surface area contributed by atoms with Gasteiger partial charge in [-0.2, -0.15) is 0 Å². The number of unbranched alkanes of at least 4 members (excludes halogenated alkanes) is 3. The van der Waals surface area contributed by atoms with Crippen LogP contribution in [-0.2, 0) is 25.7 Å². The van der Waals surface area contributed by atoms with Crippen LogP contribution in [0.5, 0.6) is 0 Å². The molecule has 1 aromatic rings. The van der Waals surface area contributed by atoms with Crippen molar-refractivity contribution < 1.29 is 19.2 Å². The molecule has 0 bridgehead atoms. The van der Waals surface area contributed by atoms with Gasteiger partial charge in [-0.3, -0.25) is 19.2 Å². The Labute approximate surface area is 176 Å². The van der Waals surface area contributed by atoms with E-state index in [0.29, 0.717) is 24.5 Å².